The standard InChI is InChI=1S/C18H27NO2/c1-3-20-17-10-13(11-17)12-18(19-2)14-4-6-15(7-5-14)21-16-8-9-16/h4-7,13,16-19H,3,8-12H2,1-2H3. The van der Waals surface area contributed by atoms with Crippen molar-refractivity contribution in [1.82, 2.24) is 5.32 Å². The maximum atomic E-state index is 5.81. The molecule has 1 N–H and O–H groups in total. The van der Waals surface area contributed by atoms with Gasteiger partial charge in [0.05, 0.1) is 12.2 Å². The Hall–Kier alpha value is -1.06. The van der Waals surface area contributed by atoms with Crippen LogP contribution in [0.1, 0.15) is 50.6 Å². The summed E-state index contributed by atoms with van der Waals surface area (Å²) in [7, 11) is 2.05. The fourth-order valence-electron chi connectivity index (χ4n) is 3.15. The third kappa shape index (κ3) is 3.98. The van der Waals surface area contributed by atoms with Gasteiger partial charge in [-0.05, 0) is 69.7 Å². The highest BCUT2D eigenvalue weighted by Crippen LogP contribution is 2.37. The molecule has 1 aromatic carbocycles. The number of hydrogen-bond donors (Lipinski definition) is 1. The van der Waals surface area contributed by atoms with Gasteiger partial charge in [0.15, 0.2) is 0 Å². The fourth-order valence-corrected chi connectivity index (χ4v) is 3.15. The third-order valence-corrected chi connectivity index (χ3v) is 4.62. The van der Waals surface area contributed by atoms with Crippen LogP contribution < -0.4 is 10.1 Å². The van der Waals surface area contributed by atoms with Crippen LogP contribution in [-0.4, -0.2) is 25.9 Å². The number of rotatable bonds is 8. The lowest BCUT2D eigenvalue weighted by Crippen LogP contribution is -2.34. The Bertz CT molecular complexity index is 435. The SMILES string of the molecule is CCOC1CC(CC(NC)c2ccc(OC3CC3)cc2)C1. The molecule has 2 saturated carbocycles. The van der Waals surface area contributed by atoms with Gasteiger partial charge in [-0.25, -0.2) is 0 Å². The van der Waals surface area contributed by atoms with Crippen LogP contribution in [0.15, 0.2) is 24.3 Å². The first-order chi connectivity index (χ1) is 10.3. The van der Waals surface area contributed by atoms with Crippen molar-refractivity contribution in [2.45, 2.75) is 57.3 Å². The summed E-state index contributed by atoms with van der Waals surface area (Å²) in [6, 6.07) is 9.08. The molecule has 0 aliphatic heterocycles. The minimum Gasteiger partial charge on any atom is -0.490 e. The molecule has 116 valence electrons. The average molecular weight is 289 g/mol. The second-order valence-corrected chi connectivity index (χ2v) is 6.38. The molecular weight excluding hydrogens is 262 g/mol. The number of benzene rings is 1. The Balaban J connectivity index is 1.50. The van der Waals surface area contributed by atoms with Crippen molar-refractivity contribution in [1.29, 1.82) is 0 Å². The van der Waals surface area contributed by atoms with Crippen LogP contribution in [0.4, 0.5) is 0 Å². The van der Waals surface area contributed by atoms with Crippen LogP contribution in [0, 0.1) is 5.92 Å². The van der Waals surface area contributed by atoms with Gasteiger partial charge in [-0.15, -0.1) is 0 Å². The minimum atomic E-state index is 0.438. The van der Waals surface area contributed by atoms with Crippen LogP contribution in [0.25, 0.3) is 0 Å². The summed E-state index contributed by atoms with van der Waals surface area (Å²) in [5, 5.41) is 3.46. The zero-order valence-corrected chi connectivity index (χ0v) is 13.2. The van der Waals surface area contributed by atoms with Crippen LogP contribution in [-0.2, 0) is 4.74 Å². The van der Waals surface area contributed by atoms with E-state index in [4.69, 9.17) is 9.47 Å². The van der Waals surface area contributed by atoms with Gasteiger partial charge < -0.3 is 14.8 Å². The van der Waals surface area contributed by atoms with Crippen molar-refractivity contribution in [2.75, 3.05) is 13.7 Å². The second kappa shape index (κ2) is 6.80. The predicted octanol–water partition coefficient (Wildman–Crippen LogP) is 3.69. The van der Waals surface area contributed by atoms with E-state index in [1.165, 1.54) is 37.7 Å². The second-order valence-electron chi connectivity index (χ2n) is 6.38. The van der Waals surface area contributed by atoms with E-state index < -0.39 is 0 Å². The van der Waals surface area contributed by atoms with Gasteiger partial charge in [0.25, 0.3) is 0 Å². The van der Waals surface area contributed by atoms with Gasteiger partial charge in [0, 0.05) is 12.6 Å². The maximum Gasteiger partial charge on any atom is 0.119 e. The highest BCUT2D eigenvalue weighted by Gasteiger charge is 2.31. The molecule has 1 aromatic rings. The Morgan fingerprint density at radius 3 is 2.43 bits per heavy atom. The first kappa shape index (κ1) is 14.9. The van der Waals surface area contributed by atoms with Crippen molar-refractivity contribution >= 4 is 0 Å². The fraction of sp³-hybridized carbons (Fsp3) is 0.667. The molecule has 3 rings (SSSR count). The largest absolute Gasteiger partial charge is 0.490 e. The molecule has 2 aliphatic carbocycles. The predicted molar refractivity (Wildman–Crippen MR) is 84.6 cm³/mol. The van der Waals surface area contributed by atoms with Crippen molar-refractivity contribution in [3.63, 3.8) is 0 Å². The average Bonchev–Trinajstić information content (AvgIpc) is 3.26. The summed E-state index contributed by atoms with van der Waals surface area (Å²) >= 11 is 0. The summed E-state index contributed by atoms with van der Waals surface area (Å²) < 4.78 is 11.5. The van der Waals surface area contributed by atoms with Crippen molar-refractivity contribution in [2.24, 2.45) is 5.92 Å². The van der Waals surface area contributed by atoms with Gasteiger partial charge in [0.2, 0.25) is 0 Å². The molecule has 1 unspecified atom stereocenters. The van der Waals surface area contributed by atoms with E-state index in [1.807, 2.05) is 0 Å². The molecule has 0 amide bonds. The van der Waals surface area contributed by atoms with E-state index in [9.17, 15) is 0 Å². The Morgan fingerprint density at radius 2 is 1.86 bits per heavy atom. The third-order valence-electron chi connectivity index (χ3n) is 4.62. The lowest BCUT2D eigenvalue weighted by atomic mass is 9.77. The van der Waals surface area contributed by atoms with Crippen LogP contribution in [0.2, 0.25) is 0 Å². The zero-order chi connectivity index (χ0) is 14.7. The van der Waals surface area contributed by atoms with Gasteiger partial charge in [-0.3, -0.25) is 0 Å². The molecule has 0 aromatic heterocycles. The Morgan fingerprint density at radius 1 is 1.14 bits per heavy atom. The molecule has 2 aliphatic rings. The summed E-state index contributed by atoms with van der Waals surface area (Å²) in [6.07, 6.45) is 7.04. The van der Waals surface area contributed by atoms with E-state index in [-0.39, 0.29) is 0 Å². The molecule has 0 heterocycles. The highest BCUT2D eigenvalue weighted by atomic mass is 16.5. The number of ether oxygens (including phenoxy) is 2. The van der Waals surface area contributed by atoms with Gasteiger partial charge in [-0.2, -0.15) is 0 Å². The Kier molecular flexibility index (Phi) is 4.81. The molecule has 0 spiro atoms. The van der Waals surface area contributed by atoms with Gasteiger partial charge >= 0.3 is 0 Å². The monoisotopic (exact) mass is 289 g/mol. The molecule has 21 heavy (non-hydrogen) atoms. The van der Waals surface area contributed by atoms with Crippen molar-refractivity contribution < 1.29 is 9.47 Å². The first-order valence-corrected chi connectivity index (χ1v) is 8.34. The van der Waals surface area contributed by atoms with Gasteiger partial charge in [-0.1, -0.05) is 12.1 Å². The van der Waals surface area contributed by atoms with Gasteiger partial charge in [0.1, 0.15) is 5.75 Å². The van der Waals surface area contributed by atoms with Crippen molar-refractivity contribution in [3.05, 3.63) is 29.8 Å². The van der Waals surface area contributed by atoms with E-state index in [1.54, 1.807) is 0 Å². The van der Waals surface area contributed by atoms with E-state index in [0.29, 0.717) is 18.2 Å². The zero-order valence-electron chi connectivity index (χ0n) is 13.2. The highest BCUT2D eigenvalue weighted by molar-refractivity contribution is 5.29. The van der Waals surface area contributed by atoms with Crippen LogP contribution >= 0.6 is 0 Å². The van der Waals surface area contributed by atoms with E-state index in [2.05, 4.69) is 43.6 Å². The minimum absolute atomic E-state index is 0.438. The summed E-state index contributed by atoms with van der Waals surface area (Å²) in [6.45, 7) is 2.92. The molecule has 3 heteroatoms. The van der Waals surface area contributed by atoms with E-state index in [0.717, 1.165) is 18.3 Å². The maximum absolute atomic E-state index is 5.81. The van der Waals surface area contributed by atoms with Crippen molar-refractivity contribution in [3.8, 4) is 5.75 Å². The van der Waals surface area contributed by atoms with Crippen LogP contribution in [0.5, 0.6) is 5.75 Å². The summed E-state index contributed by atoms with van der Waals surface area (Å²) in [5.41, 5.74) is 1.36. The lowest BCUT2D eigenvalue weighted by Gasteiger charge is -2.37. The smallest absolute Gasteiger partial charge is 0.119 e. The molecule has 0 bridgehead atoms. The molecule has 0 saturated heterocycles. The van der Waals surface area contributed by atoms with E-state index >= 15 is 0 Å². The summed E-state index contributed by atoms with van der Waals surface area (Å²) in [5.74, 6) is 1.80. The Labute approximate surface area is 128 Å². The number of hydrogen-bond acceptors (Lipinski definition) is 3. The lowest BCUT2D eigenvalue weighted by molar-refractivity contribution is -0.0289. The topological polar surface area (TPSA) is 30.5 Å². The molecule has 3 nitrogen and oxygen atoms in total. The number of nitrogens with one attached hydrogen (secondary N) is 1. The quantitative estimate of drug-likeness (QED) is 0.791. The molecule has 2 fully saturated rings. The summed E-state index contributed by atoms with van der Waals surface area (Å²) in [4.78, 5) is 0. The molecular formula is C18H27NO2. The normalized spacial score (nSPS) is 26.2. The molecule has 0 radical (unpaired) electrons. The first-order valence-electron chi connectivity index (χ1n) is 8.34. The molecule has 1 atom stereocenters. The van der Waals surface area contributed by atoms with Crippen LogP contribution in [0.3, 0.4) is 0 Å².